The molecule has 0 bridgehead atoms. The molecule has 0 aliphatic carbocycles. The fourth-order valence-electron chi connectivity index (χ4n) is 2.76. The molecule has 0 fully saturated rings. The maximum atomic E-state index is 12.5. The second-order valence-corrected chi connectivity index (χ2v) is 9.48. The SMILES string of the molecule is CCCCCCCCNC(=O)Nc1sc(C(=O)NCC(C)(C)C)c(C)c1C(=O)O. The van der Waals surface area contributed by atoms with Gasteiger partial charge in [-0.25, -0.2) is 9.59 Å². The van der Waals surface area contributed by atoms with Crippen molar-refractivity contribution >= 4 is 34.2 Å². The Hall–Kier alpha value is -2.09. The summed E-state index contributed by atoms with van der Waals surface area (Å²) in [7, 11) is 0. The first-order chi connectivity index (χ1) is 13.6. The number of carbonyl (C=O) groups excluding carboxylic acids is 2. The van der Waals surface area contributed by atoms with Gasteiger partial charge in [-0.1, -0.05) is 59.8 Å². The Morgan fingerprint density at radius 3 is 2.21 bits per heavy atom. The van der Waals surface area contributed by atoms with Crippen LogP contribution in [0, 0.1) is 12.3 Å². The zero-order chi connectivity index (χ0) is 22.0. The third kappa shape index (κ3) is 8.85. The van der Waals surface area contributed by atoms with Crippen molar-refractivity contribution in [2.45, 2.75) is 73.1 Å². The van der Waals surface area contributed by atoms with Crippen LogP contribution in [0.15, 0.2) is 0 Å². The number of carboxylic acids is 1. The van der Waals surface area contributed by atoms with Crippen molar-refractivity contribution in [2.75, 3.05) is 18.4 Å². The smallest absolute Gasteiger partial charge is 0.339 e. The Morgan fingerprint density at radius 2 is 1.62 bits per heavy atom. The molecule has 0 atom stereocenters. The number of carboxylic acid groups (broad SMARTS) is 1. The highest BCUT2D eigenvalue weighted by Crippen LogP contribution is 2.33. The van der Waals surface area contributed by atoms with E-state index in [9.17, 15) is 19.5 Å². The third-order valence-corrected chi connectivity index (χ3v) is 5.60. The second kappa shape index (κ2) is 11.8. The molecule has 1 heterocycles. The van der Waals surface area contributed by atoms with Crippen LogP contribution in [0.2, 0.25) is 0 Å². The van der Waals surface area contributed by atoms with E-state index in [0.717, 1.165) is 30.6 Å². The molecular weight excluding hydrogens is 390 g/mol. The molecule has 1 aromatic heterocycles. The molecule has 8 heteroatoms. The number of unbranched alkanes of at least 4 members (excludes halogenated alkanes) is 5. The molecule has 0 saturated carbocycles. The molecule has 1 rings (SSSR count). The first-order valence-corrected chi connectivity index (χ1v) is 11.1. The molecule has 0 radical (unpaired) electrons. The van der Waals surface area contributed by atoms with E-state index in [0.29, 0.717) is 23.5 Å². The molecule has 3 amide bonds. The van der Waals surface area contributed by atoms with Crippen LogP contribution in [0.5, 0.6) is 0 Å². The van der Waals surface area contributed by atoms with E-state index in [4.69, 9.17) is 0 Å². The lowest BCUT2D eigenvalue weighted by molar-refractivity contribution is 0.0697. The minimum absolute atomic E-state index is 0.0365. The molecule has 0 spiro atoms. The average molecular weight is 426 g/mol. The van der Waals surface area contributed by atoms with Crippen LogP contribution in [0.3, 0.4) is 0 Å². The van der Waals surface area contributed by atoms with E-state index in [1.807, 2.05) is 20.8 Å². The van der Waals surface area contributed by atoms with Gasteiger partial charge in [0.05, 0.1) is 10.4 Å². The predicted octanol–water partition coefficient (Wildman–Crippen LogP) is 5.01. The number of urea groups is 1. The number of thiophene rings is 1. The first kappa shape index (κ1) is 24.9. The van der Waals surface area contributed by atoms with Crippen molar-refractivity contribution in [3.05, 3.63) is 16.0 Å². The van der Waals surface area contributed by atoms with Crippen LogP contribution in [0.4, 0.5) is 9.80 Å². The van der Waals surface area contributed by atoms with Crippen LogP contribution in [0.1, 0.15) is 91.8 Å². The Labute approximate surface area is 177 Å². The lowest BCUT2D eigenvalue weighted by atomic mass is 9.97. The van der Waals surface area contributed by atoms with Gasteiger partial charge in [0.15, 0.2) is 0 Å². The Kier molecular flexibility index (Phi) is 10.2. The molecule has 0 saturated heterocycles. The normalized spacial score (nSPS) is 11.2. The second-order valence-electron chi connectivity index (χ2n) is 8.46. The Balaban J connectivity index is 2.69. The molecule has 0 aliphatic rings. The van der Waals surface area contributed by atoms with Gasteiger partial charge < -0.3 is 15.7 Å². The van der Waals surface area contributed by atoms with Crippen molar-refractivity contribution < 1.29 is 19.5 Å². The van der Waals surface area contributed by atoms with E-state index in [1.54, 1.807) is 6.92 Å². The van der Waals surface area contributed by atoms with Crippen molar-refractivity contribution in [1.29, 1.82) is 0 Å². The van der Waals surface area contributed by atoms with Crippen molar-refractivity contribution in [1.82, 2.24) is 10.6 Å². The summed E-state index contributed by atoms with van der Waals surface area (Å²) in [6.07, 6.45) is 6.72. The number of hydrogen-bond donors (Lipinski definition) is 4. The van der Waals surface area contributed by atoms with E-state index in [-0.39, 0.29) is 21.9 Å². The first-order valence-electron chi connectivity index (χ1n) is 10.3. The van der Waals surface area contributed by atoms with Crippen LogP contribution < -0.4 is 16.0 Å². The summed E-state index contributed by atoms with van der Waals surface area (Å²) in [5.74, 6) is -1.50. The zero-order valence-electron chi connectivity index (χ0n) is 18.2. The van der Waals surface area contributed by atoms with E-state index >= 15 is 0 Å². The maximum absolute atomic E-state index is 12.5. The van der Waals surface area contributed by atoms with Gasteiger partial charge in [-0.05, 0) is 24.3 Å². The number of anilines is 1. The van der Waals surface area contributed by atoms with Gasteiger partial charge in [-0.2, -0.15) is 0 Å². The van der Waals surface area contributed by atoms with Gasteiger partial charge >= 0.3 is 12.0 Å². The largest absolute Gasteiger partial charge is 0.478 e. The van der Waals surface area contributed by atoms with Gasteiger partial charge in [0.25, 0.3) is 5.91 Å². The highest BCUT2D eigenvalue weighted by Gasteiger charge is 2.26. The quantitative estimate of drug-likeness (QED) is 0.374. The lowest BCUT2D eigenvalue weighted by Crippen LogP contribution is -2.32. The van der Waals surface area contributed by atoms with Gasteiger partial charge in [-0.15, -0.1) is 11.3 Å². The van der Waals surface area contributed by atoms with Gasteiger partial charge in [0, 0.05) is 13.1 Å². The molecule has 7 nitrogen and oxygen atoms in total. The average Bonchev–Trinajstić information content (AvgIpc) is 2.94. The fourth-order valence-corrected chi connectivity index (χ4v) is 3.87. The highest BCUT2D eigenvalue weighted by molar-refractivity contribution is 7.18. The van der Waals surface area contributed by atoms with Gasteiger partial charge in [0.2, 0.25) is 0 Å². The summed E-state index contributed by atoms with van der Waals surface area (Å²) in [5.41, 5.74) is 0.235. The van der Waals surface area contributed by atoms with Crippen molar-refractivity contribution in [3.8, 4) is 0 Å². The zero-order valence-corrected chi connectivity index (χ0v) is 19.1. The van der Waals surface area contributed by atoms with E-state index in [1.165, 1.54) is 19.3 Å². The van der Waals surface area contributed by atoms with E-state index < -0.39 is 12.0 Å². The molecule has 0 aromatic carbocycles. The standard InChI is InChI=1S/C21H35N3O4S/c1-6-7-8-9-10-11-12-22-20(28)24-18-15(19(26)27)14(2)16(29-18)17(25)23-13-21(3,4)5/h6-13H2,1-5H3,(H,23,25)(H,26,27)(H2,22,24,28). The molecule has 1 aromatic rings. The van der Waals surface area contributed by atoms with Crippen molar-refractivity contribution in [2.24, 2.45) is 5.41 Å². The molecule has 0 unspecified atom stereocenters. The minimum atomic E-state index is -1.17. The molecule has 29 heavy (non-hydrogen) atoms. The number of hydrogen-bond acceptors (Lipinski definition) is 4. The number of carbonyl (C=O) groups is 3. The summed E-state index contributed by atoms with van der Waals surface area (Å²) in [6, 6.07) is -0.455. The van der Waals surface area contributed by atoms with Crippen molar-refractivity contribution in [3.63, 3.8) is 0 Å². The molecular formula is C21H35N3O4S. The Bertz CT molecular complexity index is 708. The molecule has 4 N–H and O–H groups in total. The number of rotatable bonds is 11. The van der Waals surface area contributed by atoms with Crippen LogP contribution in [0.25, 0.3) is 0 Å². The fraction of sp³-hybridized carbons (Fsp3) is 0.667. The summed E-state index contributed by atoms with van der Waals surface area (Å²) in [6.45, 7) is 10.8. The summed E-state index contributed by atoms with van der Waals surface area (Å²) >= 11 is 0.989. The van der Waals surface area contributed by atoms with Crippen LogP contribution in [-0.4, -0.2) is 36.1 Å². The summed E-state index contributed by atoms with van der Waals surface area (Å²) in [4.78, 5) is 36.6. The third-order valence-electron chi connectivity index (χ3n) is 4.39. The number of aromatic carboxylic acids is 1. The van der Waals surface area contributed by atoms with E-state index in [2.05, 4.69) is 22.9 Å². The van der Waals surface area contributed by atoms with Gasteiger partial charge in [0.1, 0.15) is 5.00 Å². The van der Waals surface area contributed by atoms with Gasteiger partial charge in [-0.3, -0.25) is 10.1 Å². The van der Waals surface area contributed by atoms with Crippen LogP contribution in [-0.2, 0) is 0 Å². The minimum Gasteiger partial charge on any atom is -0.478 e. The monoisotopic (exact) mass is 425 g/mol. The highest BCUT2D eigenvalue weighted by atomic mass is 32.1. The molecule has 0 aliphatic heterocycles. The maximum Gasteiger partial charge on any atom is 0.339 e. The predicted molar refractivity (Wildman–Crippen MR) is 118 cm³/mol. The Morgan fingerprint density at radius 1 is 1.00 bits per heavy atom. The topological polar surface area (TPSA) is 108 Å². The number of amides is 3. The lowest BCUT2D eigenvalue weighted by Gasteiger charge is -2.18. The number of nitrogens with one attached hydrogen (secondary N) is 3. The summed E-state index contributed by atoms with van der Waals surface area (Å²) < 4.78 is 0. The molecule has 164 valence electrons. The van der Waals surface area contributed by atoms with Crippen LogP contribution >= 0.6 is 11.3 Å². The summed E-state index contributed by atoms with van der Waals surface area (Å²) in [5, 5.41) is 17.9.